The molecule has 3 aromatic rings. The average Bonchev–Trinajstić information content (AvgIpc) is 2.91. The van der Waals surface area contributed by atoms with Gasteiger partial charge in [0.2, 0.25) is 11.8 Å². The molecule has 0 aliphatic carbocycles. The molecule has 1 N–H and O–H groups in total. The van der Waals surface area contributed by atoms with Gasteiger partial charge < -0.3 is 10.2 Å². The van der Waals surface area contributed by atoms with Gasteiger partial charge in [0.05, 0.1) is 10.6 Å². The standard InChI is InChI=1S/C30H37N3O4S/c1-6-19-31-30(35)25(5)32(20-26-12-8-7-9-13-26)29(34)21-33(28-14-10-11-23(3)24(28)4)38(36,37)27-17-15-22(2)16-18-27/h7-18,25H,6,19-21H2,1-5H3,(H,31,35)/t25-/m1/s1. The van der Waals surface area contributed by atoms with E-state index in [-0.39, 0.29) is 17.3 Å². The van der Waals surface area contributed by atoms with Gasteiger partial charge in [-0.25, -0.2) is 8.42 Å². The first kappa shape index (κ1) is 28.9. The van der Waals surface area contributed by atoms with Crippen LogP contribution in [0.4, 0.5) is 5.69 Å². The Morgan fingerprint density at radius 1 is 0.895 bits per heavy atom. The van der Waals surface area contributed by atoms with E-state index in [1.165, 1.54) is 4.90 Å². The zero-order valence-corrected chi connectivity index (χ0v) is 23.6. The van der Waals surface area contributed by atoms with E-state index in [4.69, 9.17) is 0 Å². The first-order chi connectivity index (χ1) is 18.1. The number of aryl methyl sites for hydroxylation is 2. The summed E-state index contributed by atoms with van der Waals surface area (Å²) in [4.78, 5) is 28.4. The van der Waals surface area contributed by atoms with Crippen LogP contribution in [-0.4, -0.2) is 44.3 Å². The third-order valence-electron chi connectivity index (χ3n) is 6.64. The summed E-state index contributed by atoms with van der Waals surface area (Å²) in [6.45, 7) is 9.47. The fraction of sp³-hybridized carbons (Fsp3) is 0.333. The average molecular weight is 536 g/mol. The van der Waals surface area contributed by atoms with Crippen LogP contribution in [0, 0.1) is 20.8 Å². The van der Waals surface area contributed by atoms with Crippen LogP contribution < -0.4 is 9.62 Å². The molecule has 8 heteroatoms. The third kappa shape index (κ3) is 6.81. The maximum Gasteiger partial charge on any atom is 0.264 e. The van der Waals surface area contributed by atoms with Crippen molar-refractivity contribution in [3.05, 3.63) is 95.1 Å². The van der Waals surface area contributed by atoms with Crippen LogP contribution in [0.3, 0.4) is 0 Å². The number of hydrogen-bond donors (Lipinski definition) is 1. The monoisotopic (exact) mass is 535 g/mol. The molecule has 7 nitrogen and oxygen atoms in total. The minimum Gasteiger partial charge on any atom is -0.354 e. The highest BCUT2D eigenvalue weighted by molar-refractivity contribution is 7.92. The number of nitrogens with one attached hydrogen (secondary N) is 1. The van der Waals surface area contributed by atoms with Crippen molar-refractivity contribution in [2.45, 2.75) is 58.5 Å². The maximum absolute atomic E-state index is 13.9. The van der Waals surface area contributed by atoms with E-state index in [9.17, 15) is 18.0 Å². The number of sulfonamides is 1. The van der Waals surface area contributed by atoms with Crippen molar-refractivity contribution < 1.29 is 18.0 Å². The lowest BCUT2D eigenvalue weighted by Gasteiger charge is -2.32. The fourth-order valence-electron chi connectivity index (χ4n) is 4.12. The summed E-state index contributed by atoms with van der Waals surface area (Å²) < 4.78 is 29.1. The largest absolute Gasteiger partial charge is 0.354 e. The van der Waals surface area contributed by atoms with Crippen LogP contribution in [0.1, 0.15) is 42.5 Å². The molecular weight excluding hydrogens is 498 g/mol. The number of carbonyl (C=O) groups excluding carboxylic acids is 2. The van der Waals surface area contributed by atoms with Crippen molar-refractivity contribution in [1.29, 1.82) is 0 Å². The Kier molecular flexibility index (Phi) is 9.69. The minimum atomic E-state index is -4.09. The second kappa shape index (κ2) is 12.7. The number of amides is 2. The molecule has 0 saturated heterocycles. The normalized spacial score (nSPS) is 12.0. The first-order valence-electron chi connectivity index (χ1n) is 12.8. The van der Waals surface area contributed by atoms with Gasteiger partial charge in [0.25, 0.3) is 10.0 Å². The van der Waals surface area contributed by atoms with Crippen LogP contribution >= 0.6 is 0 Å². The molecule has 0 heterocycles. The summed E-state index contributed by atoms with van der Waals surface area (Å²) in [6, 6.07) is 20.5. The van der Waals surface area contributed by atoms with Gasteiger partial charge in [-0.1, -0.05) is 67.1 Å². The molecule has 0 aliphatic heterocycles. The number of anilines is 1. The van der Waals surface area contributed by atoms with Crippen molar-refractivity contribution >= 4 is 27.5 Å². The van der Waals surface area contributed by atoms with Gasteiger partial charge in [0.15, 0.2) is 0 Å². The quantitative estimate of drug-likeness (QED) is 0.384. The van der Waals surface area contributed by atoms with E-state index in [0.717, 1.165) is 33.0 Å². The predicted octanol–water partition coefficient (Wildman–Crippen LogP) is 4.75. The molecule has 0 radical (unpaired) electrons. The second-order valence-corrected chi connectivity index (χ2v) is 11.4. The molecule has 3 rings (SSSR count). The Bertz CT molecular complexity index is 1360. The van der Waals surface area contributed by atoms with Crippen molar-refractivity contribution in [1.82, 2.24) is 10.2 Å². The van der Waals surface area contributed by atoms with E-state index in [2.05, 4.69) is 5.32 Å². The molecule has 0 aromatic heterocycles. The maximum atomic E-state index is 13.9. The molecule has 2 amide bonds. The van der Waals surface area contributed by atoms with E-state index in [1.54, 1.807) is 43.3 Å². The SMILES string of the molecule is CCCNC(=O)[C@@H](C)N(Cc1ccccc1)C(=O)CN(c1cccc(C)c1C)S(=O)(=O)c1ccc(C)cc1. The minimum absolute atomic E-state index is 0.0974. The lowest BCUT2D eigenvalue weighted by Crippen LogP contribution is -2.51. The van der Waals surface area contributed by atoms with Gasteiger partial charge in [-0.3, -0.25) is 13.9 Å². The second-order valence-electron chi connectivity index (χ2n) is 9.52. The fourth-order valence-corrected chi connectivity index (χ4v) is 5.59. The van der Waals surface area contributed by atoms with Gasteiger partial charge >= 0.3 is 0 Å². The Labute approximate surface area is 226 Å². The molecule has 0 aliphatic rings. The molecule has 38 heavy (non-hydrogen) atoms. The highest BCUT2D eigenvalue weighted by Gasteiger charge is 2.33. The van der Waals surface area contributed by atoms with Crippen molar-refractivity contribution in [3.8, 4) is 0 Å². The molecule has 0 bridgehead atoms. The van der Waals surface area contributed by atoms with Crippen LogP contribution in [0.5, 0.6) is 0 Å². The van der Waals surface area contributed by atoms with Crippen LogP contribution in [0.15, 0.2) is 77.7 Å². The van der Waals surface area contributed by atoms with Gasteiger partial charge in [-0.2, -0.15) is 0 Å². The van der Waals surface area contributed by atoms with Crippen LogP contribution in [0.2, 0.25) is 0 Å². The third-order valence-corrected chi connectivity index (χ3v) is 8.42. The molecular formula is C30H37N3O4S. The topological polar surface area (TPSA) is 86.8 Å². The number of benzene rings is 3. The van der Waals surface area contributed by atoms with E-state index in [0.29, 0.717) is 12.2 Å². The Hall–Kier alpha value is -3.65. The predicted molar refractivity (Wildman–Crippen MR) is 151 cm³/mol. The van der Waals surface area contributed by atoms with Crippen molar-refractivity contribution in [3.63, 3.8) is 0 Å². The summed E-state index contributed by atoms with van der Waals surface area (Å²) in [6.07, 6.45) is 0.764. The summed E-state index contributed by atoms with van der Waals surface area (Å²) in [5.74, 6) is -0.750. The summed E-state index contributed by atoms with van der Waals surface area (Å²) in [7, 11) is -4.09. The summed E-state index contributed by atoms with van der Waals surface area (Å²) >= 11 is 0. The van der Waals surface area contributed by atoms with Crippen LogP contribution in [0.25, 0.3) is 0 Å². The number of hydrogen-bond acceptors (Lipinski definition) is 4. The summed E-state index contributed by atoms with van der Waals surface area (Å²) in [5.41, 5.74) is 3.88. The number of carbonyl (C=O) groups is 2. The highest BCUT2D eigenvalue weighted by atomic mass is 32.2. The lowest BCUT2D eigenvalue weighted by atomic mass is 10.1. The molecule has 0 saturated carbocycles. The van der Waals surface area contributed by atoms with Gasteiger partial charge in [-0.05, 0) is 69.0 Å². The number of rotatable bonds is 11. The van der Waals surface area contributed by atoms with E-state index < -0.39 is 28.5 Å². The zero-order valence-electron chi connectivity index (χ0n) is 22.8. The highest BCUT2D eigenvalue weighted by Crippen LogP contribution is 2.29. The van der Waals surface area contributed by atoms with Gasteiger partial charge in [0, 0.05) is 13.1 Å². The molecule has 202 valence electrons. The Morgan fingerprint density at radius 3 is 2.18 bits per heavy atom. The molecule has 1 atom stereocenters. The smallest absolute Gasteiger partial charge is 0.264 e. The van der Waals surface area contributed by atoms with E-state index in [1.807, 2.05) is 64.1 Å². The Morgan fingerprint density at radius 2 is 1.55 bits per heavy atom. The molecule has 0 spiro atoms. The zero-order chi connectivity index (χ0) is 27.9. The van der Waals surface area contributed by atoms with Crippen molar-refractivity contribution in [2.75, 3.05) is 17.4 Å². The van der Waals surface area contributed by atoms with E-state index >= 15 is 0 Å². The lowest BCUT2D eigenvalue weighted by molar-refractivity contribution is -0.139. The molecule has 0 unspecified atom stereocenters. The summed E-state index contributed by atoms with van der Waals surface area (Å²) in [5, 5.41) is 2.85. The molecule has 3 aromatic carbocycles. The number of nitrogens with zero attached hydrogens (tertiary/aromatic N) is 2. The van der Waals surface area contributed by atoms with Crippen LogP contribution in [-0.2, 0) is 26.2 Å². The Balaban J connectivity index is 2.05. The van der Waals surface area contributed by atoms with Gasteiger partial charge in [-0.15, -0.1) is 0 Å². The van der Waals surface area contributed by atoms with Gasteiger partial charge in [0.1, 0.15) is 12.6 Å². The molecule has 0 fully saturated rings. The first-order valence-corrected chi connectivity index (χ1v) is 14.3. The van der Waals surface area contributed by atoms with Crippen molar-refractivity contribution in [2.24, 2.45) is 0 Å².